The summed E-state index contributed by atoms with van der Waals surface area (Å²) in [7, 11) is -5.13. The molecule has 0 bridgehead atoms. The number of ether oxygens (including phenoxy) is 1. The Kier molecular flexibility index (Phi) is 7.80. The molecule has 132 valence electrons. The molecule has 0 saturated heterocycles. The van der Waals surface area contributed by atoms with Crippen molar-refractivity contribution in [3.63, 3.8) is 0 Å². The van der Waals surface area contributed by atoms with Gasteiger partial charge >= 0.3 is 51.4 Å². The molecule has 0 aromatic heterocycles. The third-order valence-corrected chi connectivity index (χ3v) is 4.16. The van der Waals surface area contributed by atoms with E-state index in [0.29, 0.717) is 0 Å². The summed E-state index contributed by atoms with van der Waals surface area (Å²) in [6.45, 7) is -0.728. The second kappa shape index (κ2) is 8.75. The first kappa shape index (κ1) is 22.3. The van der Waals surface area contributed by atoms with E-state index in [1.165, 1.54) is 12.1 Å². The number of benzene rings is 2. The first-order chi connectivity index (χ1) is 11.2. The molecular weight excluding hydrogens is 400 g/mol. The monoisotopic (exact) mass is 409 g/mol. The first-order valence-corrected chi connectivity index (χ1v) is 7.55. The van der Waals surface area contributed by atoms with E-state index in [0.717, 1.165) is 12.1 Å². The van der Waals surface area contributed by atoms with Crippen molar-refractivity contribution in [1.29, 1.82) is 0 Å². The molecule has 0 aliphatic heterocycles. The van der Waals surface area contributed by atoms with Crippen molar-refractivity contribution in [2.45, 2.75) is 4.90 Å². The molecule has 2 N–H and O–H groups in total. The van der Waals surface area contributed by atoms with Gasteiger partial charge in [-0.05, 0) is 12.1 Å². The number of rotatable bonds is 5. The molecule has 2 aromatic rings. The van der Waals surface area contributed by atoms with Gasteiger partial charge in [-0.25, -0.2) is 30.4 Å². The maximum absolute atomic E-state index is 13.6. The quantitative estimate of drug-likeness (QED) is 0.260. The Morgan fingerprint density at radius 2 is 1.48 bits per heavy atom. The van der Waals surface area contributed by atoms with E-state index in [2.05, 4.69) is 4.74 Å². The van der Waals surface area contributed by atoms with Crippen LogP contribution in [0.3, 0.4) is 0 Å². The van der Waals surface area contributed by atoms with Gasteiger partial charge in [-0.2, -0.15) is 0 Å². The zero-order valence-corrected chi connectivity index (χ0v) is 12.3. The van der Waals surface area contributed by atoms with Crippen LogP contribution in [-0.2, 0) is 10.0 Å². The Labute approximate surface area is 181 Å². The van der Waals surface area contributed by atoms with Gasteiger partial charge in [0.05, 0.1) is 5.69 Å². The summed E-state index contributed by atoms with van der Waals surface area (Å²) in [5.41, 5.74) is -0.287. The van der Waals surface area contributed by atoms with Crippen molar-refractivity contribution >= 4 is 67.1 Å². The average molecular weight is 409 g/mol. The number of aliphatic hydroxyl groups is 1. The number of nitrogens with one attached hydrogen (secondary N) is 1. The third-order valence-electron chi connectivity index (χ3n) is 2.76. The maximum atomic E-state index is 13.6. The molecule has 5 nitrogen and oxygen atoms in total. The minimum absolute atomic E-state index is 0. The first-order valence-electron chi connectivity index (χ1n) is 6.07. The Morgan fingerprint density at radius 1 is 0.960 bits per heavy atom. The summed E-state index contributed by atoms with van der Waals surface area (Å²) in [6, 6.07) is 4.75. The fraction of sp³-hybridized carbons (Fsp3) is 0.0769. The van der Waals surface area contributed by atoms with Gasteiger partial charge in [0, 0.05) is 6.07 Å². The molecule has 0 atom stereocenters. The standard InChI is InChI=1S/C13H8F5NO4S.K.H/c14-8-9(15)11(17)13(12(18)10(8)16)24(21,22)19-6-2-1-3-7(4-6)23-5-20;;/h1-4,19-20H,5H2;;. The van der Waals surface area contributed by atoms with Crippen LogP contribution in [0.4, 0.5) is 27.6 Å². The number of hydrogen-bond acceptors (Lipinski definition) is 4. The molecule has 2 rings (SSSR count). The predicted molar refractivity (Wildman–Crippen MR) is 78.3 cm³/mol. The van der Waals surface area contributed by atoms with E-state index in [1.807, 2.05) is 0 Å². The topological polar surface area (TPSA) is 75.6 Å². The summed E-state index contributed by atoms with van der Waals surface area (Å²) < 4.78 is 96.8. The second-order valence-corrected chi connectivity index (χ2v) is 5.93. The SMILES string of the molecule is O=S(=O)(Nc1cccc(OCO)c1)c1c(F)c(F)c(F)c(F)c1F.[KH]. The van der Waals surface area contributed by atoms with Crippen LogP contribution >= 0.6 is 0 Å². The van der Waals surface area contributed by atoms with Gasteiger partial charge in [0.15, 0.2) is 35.0 Å². The minimum atomic E-state index is -5.13. The number of halogens is 5. The van der Waals surface area contributed by atoms with Crippen LogP contribution in [0, 0.1) is 29.1 Å². The van der Waals surface area contributed by atoms with Crippen molar-refractivity contribution in [2.24, 2.45) is 0 Å². The molecule has 2 aromatic carbocycles. The van der Waals surface area contributed by atoms with Gasteiger partial charge in [0.1, 0.15) is 5.75 Å². The average Bonchev–Trinajstić information content (AvgIpc) is 2.51. The fourth-order valence-electron chi connectivity index (χ4n) is 1.75. The van der Waals surface area contributed by atoms with Crippen molar-refractivity contribution in [3.05, 3.63) is 53.4 Å². The molecule has 0 aliphatic rings. The third kappa shape index (κ3) is 4.70. The molecule has 0 heterocycles. The molecule has 0 fully saturated rings. The normalized spacial score (nSPS) is 11.0. The van der Waals surface area contributed by atoms with E-state index < -0.39 is 50.8 Å². The van der Waals surface area contributed by atoms with Crippen molar-refractivity contribution in [1.82, 2.24) is 0 Å². The summed E-state index contributed by atoms with van der Waals surface area (Å²) >= 11 is 0. The van der Waals surface area contributed by atoms with E-state index in [9.17, 15) is 30.4 Å². The Morgan fingerprint density at radius 3 is 2.00 bits per heavy atom. The summed E-state index contributed by atoms with van der Waals surface area (Å²) in [6.07, 6.45) is 0. The molecule has 0 aliphatic carbocycles. The molecule has 0 radical (unpaired) electrons. The van der Waals surface area contributed by atoms with Crippen LogP contribution in [0.5, 0.6) is 5.75 Å². The van der Waals surface area contributed by atoms with Crippen molar-refractivity contribution in [3.8, 4) is 5.75 Å². The number of hydrogen-bond donors (Lipinski definition) is 2. The van der Waals surface area contributed by atoms with E-state index in [1.54, 1.807) is 4.72 Å². The molecule has 0 saturated carbocycles. The van der Waals surface area contributed by atoms with Crippen LogP contribution in [0.25, 0.3) is 0 Å². The van der Waals surface area contributed by atoms with Gasteiger partial charge in [0.2, 0.25) is 5.82 Å². The number of aliphatic hydroxyl groups excluding tert-OH is 1. The van der Waals surface area contributed by atoms with Crippen molar-refractivity contribution in [2.75, 3.05) is 11.5 Å². The van der Waals surface area contributed by atoms with Gasteiger partial charge in [0.25, 0.3) is 10.0 Å². The fourth-order valence-corrected chi connectivity index (χ4v) is 2.94. The van der Waals surface area contributed by atoms with Gasteiger partial charge in [-0.15, -0.1) is 0 Å². The van der Waals surface area contributed by atoms with Crippen LogP contribution in [0.15, 0.2) is 29.2 Å². The second-order valence-electron chi connectivity index (χ2n) is 4.31. The molecule has 0 spiro atoms. The van der Waals surface area contributed by atoms with E-state index in [-0.39, 0.29) is 62.8 Å². The number of sulfonamides is 1. The molecule has 0 amide bonds. The Bertz CT molecular complexity index is 865. The summed E-state index contributed by atoms with van der Waals surface area (Å²) in [4.78, 5) is -2.01. The van der Waals surface area contributed by atoms with Gasteiger partial charge in [-0.3, -0.25) is 4.72 Å². The summed E-state index contributed by atoms with van der Waals surface area (Å²) in [5.74, 6) is -12.2. The molecule has 12 heteroatoms. The summed E-state index contributed by atoms with van der Waals surface area (Å²) in [5, 5.41) is 8.60. The molecule has 0 unspecified atom stereocenters. The van der Waals surface area contributed by atoms with Gasteiger partial charge in [-0.1, -0.05) is 6.07 Å². The zero-order valence-electron chi connectivity index (χ0n) is 11.5. The van der Waals surface area contributed by atoms with Crippen LogP contribution in [0.1, 0.15) is 0 Å². The molecule has 25 heavy (non-hydrogen) atoms. The van der Waals surface area contributed by atoms with E-state index in [4.69, 9.17) is 5.11 Å². The van der Waals surface area contributed by atoms with E-state index >= 15 is 0 Å². The molecular formula is C13H9F5KNO4S. The zero-order chi connectivity index (χ0) is 18.1. The van der Waals surface area contributed by atoms with Crippen molar-refractivity contribution < 1.29 is 40.2 Å². The number of anilines is 1. The Balaban J connectivity index is 0.00000312. The predicted octanol–water partition coefficient (Wildman–Crippen LogP) is 1.86. The van der Waals surface area contributed by atoms with Gasteiger partial charge < -0.3 is 9.84 Å². The van der Waals surface area contributed by atoms with Crippen LogP contribution < -0.4 is 9.46 Å². The van der Waals surface area contributed by atoms with Crippen LogP contribution in [-0.4, -0.2) is 71.7 Å². The Hall–Kier alpha value is -0.764. The van der Waals surface area contributed by atoms with Crippen LogP contribution in [0.2, 0.25) is 0 Å².